The van der Waals surface area contributed by atoms with Crippen molar-refractivity contribution in [3.63, 3.8) is 0 Å². The Hall–Kier alpha value is -2.66. The van der Waals surface area contributed by atoms with Gasteiger partial charge in [-0.1, -0.05) is 23.7 Å². The van der Waals surface area contributed by atoms with E-state index in [-0.39, 0.29) is 11.5 Å². The average Bonchev–Trinajstić information content (AvgIpc) is 3.08. The Morgan fingerprint density at radius 2 is 2.12 bits per heavy atom. The van der Waals surface area contributed by atoms with Gasteiger partial charge < -0.3 is 5.32 Å². The Balaban J connectivity index is 1.88. The molecule has 1 aliphatic rings. The van der Waals surface area contributed by atoms with Crippen LogP contribution in [0.2, 0.25) is 5.02 Å². The van der Waals surface area contributed by atoms with E-state index in [1.54, 1.807) is 42.1 Å². The van der Waals surface area contributed by atoms with E-state index >= 15 is 0 Å². The molecule has 4 nitrogen and oxygen atoms in total. The van der Waals surface area contributed by atoms with Crippen molar-refractivity contribution in [3.05, 3.63) is 70.3 Å². The van der Waals surface area contributed by atoms with E-state index < -0.39 is 5.82 Å². The van der Waals surface area contributed by atoms with Gasteiger partial charge in [0.1, 0.15) is 11.6 Å². The van der Waals surface area contributed by atoms with Crippen molar-refractivity contribution in [2.45, 2.75) is 13.3 Å². The van der Waals surface area contributed by atoms with Gasteiger partial charge in [0.05, 0.1) is 10.6 Å². The van der Waals surface area contributed by atoms with Crippen LogP contribution in [0.5, 0.6) is 0 Å². The van der Waals surface area contributed by atoms with Gasteiger partial charge in [-0.2, -0.15) is 0 Å². The van der Waals surface area contributed by atoms with Crippen molar-refractivity contribution in [2.24, 2.45) is 0 Å². The van der Waals surface area contributed by atoms with Crippen LogP contribution >= 0.6 is 11.6 Å². The minimum atomic E-state index is -0.393. The lowest BCUT2D eigenvalue weighted by molar-refractivity contribution is 0.0946. The molecule has 1 aromatic heterocycles. The van der Waals surface area contributed by atoms with Crippen LogP contribution in [0.1, 0.15) is 21.5 Å². The van der Waals surface area contributed by atoms with Crippen LogP contribution in [0.25, 0.3) is 17.1 Å². The Bertz CT molecular complexity index is 996. The summed E-state index contributed by atoms with van der Waals surface area (Å²) in [6, 6.07) is 8.94. The highest BCUT2D eigenvalue weighted by Gasteiger charge is 2.20. The molecular formula is C19H15ClFN3O. The van der Waals surface area contributed by atoms with Crippen LogP contribution < -0.4 is 5.32 Å². The minimum absolute atomic E-state index is 0.0930. The summed E-state index contributed by atoms with van der Waals surface area (Å²) in [4.78, 5) is 16.4. The Labute approximate surface area is 149 Å². The highest BCUT2D eigenvalue weighted by atomic mass is 35.5. The fourth-order valence-electron chi connectivity index (χ4n) is 3.11. The first-order chi connectivity index (χ1) is 12.1. The second kappa shape index (κ2) is 6.01. The van der Waals surface area contributed by atoms with E-state index in [4.69, 9.17) is 11.6 Å². The number of nitrogens with one attached hydrogen (secondary N) is 1. The zero-order valence-electron chi connectivity index (χ0n) is 13.5. The van der Waals surface area contributed by atoms with Gasteiger partial charge in [0.15, 0.2) is 0 Å². The predicted octanol–water partition coefficient (Wildman–Crippen LogP) is 3.93. The summed E-state index contributed by atoms with van der Waals surface area (Å²) in [5.41, 5.74) is 3.14. The van der Waals surface area contributed by atoms with Crippen molar-refractivity contribution < 1.29 is 9.18 Å². The molecule has 2 heterocycles. The number of hydrogen-bond donors (Lipinski definition) is 1. The summed E-state index contributed by atoms with van der Waals surface area (Å²) >= 11 is 6.23. The second-order valence-corrected chi connectivity index (χ2v) is 6.43. The number of halogens is 2. The molecule has 25 heavy (non-hydrogen) atoms. The molecule has 0 saturated carbocycles. The Morgan fingerprint density at radius 3 is 2.96 bits per heavy atom. The molecule has 0 radical (unpaired) electrons. The Morgan fingerprint density at radius 1 is 1.28 bits per heavy atom. The molecule has 4 rings (SSSR count). The third-order valence-corrected chi connectivity index (χ3v) is 4.76. The molecule has 0 bridgehead atoms. The van der Waals surface area contributed by atoms with Gasteiger partial charge in [-0.15, -0.1) is 0 Å². The van der Waals surface area contributed by atoms with Crippen molar-refractivity contribution in [1.82, 2.24) is 14.9 Å². The fraction of sp³-hybridized carbons (Fsp3) is 0.158. The third kappa shape index (κ3) is 2.61. The number of carbonyl (C=O) groups excluding carboxylic acids is 1. The van der Waals surface area contributed by atoms with Gasteiger partial charge in [0.2, 0.25) is 0 Å². The number of amides is 1. The number of aromatic nitrogens is 2. The summed E-state index contributed by atoms with van der Waals surface area (Å²) in [5.74, 6) is -0.0810. The molecule has 1 aliphatic heterocycles. The van der Waals surface area contributed by atoms with Crippen LogP contribution in [-0.4, -0.2) is 22.0 Å². The molecule has 6 heteroatoms. The van der Waals surface area contributed by atoms with Crippen LogP contribution in [0, 0.1) is 12.7 Å². The summed E-state index contributed by atoms with van der Waals surface area (Å²) in [6.45, 7) is 2.33. The van der Waals surface area contributed by atoms with E-state index in [9.17, 15) is 9.18 Å². The number of imidazole rings is 1. The van der Waals surface area contributed by atoms with Crippen molar-refractivity contribution in [3.8, 4) is 17.1 Å². The summed E-state index contributed by atoms with van der Waals surface area (Å²) in [7, 11) is 0. The first-order valence-electron chi connectivity index (χ1n) is 7.96. The van der Waals surface area contributed by atoms with Gasteiger partial charge in [0, 0.05) is 30.2 Å². The van der Waals surface area contributed by atoms with Crippen molar-refractivity contribution in [2.75, 3.05) is 6.54 Å². The molecule has 126 valence electrons. The first kappa shape index (κ1) is 15.8. The lowest BCUT2D eigenvalue weighted by Crippen LogP contribution is -2.31. The summed E-state index contributed by atoms with van der Waals surface area (Å²) in [5, 5.41) is 3.14. The van der Waals surface area contributed by atoms with Gasteiger partial charge >= 0.3 is 0 Å². The largest absolute Gasteiger partial charge is 0.352 e. The minimum Gasteiger partial charge on any atom is -0.352 e. The summed E-state index contributed by atoms with van der Waals surface area (Å²) in [6.07, 6.45) is 4.12. The molecule has 0 saturated heterocycles. The van der Waals surface area contributed by atoms with Crippen molar-refractivity contribution >= 4 is 17.5 Å². The van der Waals surface area contributed by atoms with E-state index in [1.807, 2.05) is 12.1 Å². The quantitative estimate of drug-likeness (QED) is 0.757. The summed E-state index contributed by atoms with van der Waals surface area (Å²) < 4.78 is 16.4. The van der Waals surface area contributed by atoms with Gasteiger partial charge in [0.25, 0.3) is 5.91 Å². The normalized spacial score (nSPS) is 13.5. The van der Waals surface area contributed by atoms with Crippen LogP contribution in [-0.2, 0) is 6.42 Å². The van der Waals surface area contributed by atoms with E-state index in [0.717, 1.165) is 17.7 Å². The monoisotopic (exact) mass is 355 g/mol. The first-order valence-corrected chi connectivity index (χ1v) is 8.34. The lowest BCUT2D eigenvalue weighted by Gasteiger charge is -2.18. The standard InChI is InChI=1S/C19H15ClFN3O/c1-11-2-5-15(20)16(17(11)21)18-22-8-9-24(18)13-4-3-12-6-7-23-19(25)14(12)10-13/h2-5,8-10H,6-7H2,1H3,(H,23,25). The molecule has 0 atom stereocenters. The van der Waals surface area contributed by atoms with Crippen LogP contribution in [0.4, 0.5) is 4.39 Å². The fourth-order valence-corrected chi connectivity index (χ4v) is 3.34. The number of rotatable bonds is 2. The number of carbonyl (C=O) groups is 1. The van der Waals surface area contributed by atoms with Gasteiger partial charge in [-0.25, -0.2) is 9.37 Å². The average molecular weight is 356 g/mol. The van der Waals surface area contributed by atoms with Gasteiger partial charge in [-0.3, -0.25) is 9.36 Å². The third-order valence-electron chi connectivity index (χ3n) is 4.44. The molecule has 1 amide bonds. The predicted molar refractivity (Wildman–Crippen MR) is 94.7 cm³/mol. The maximum Gasteiger partial charge on any atom is 0.251 e. The molecule has 2 aromatic carbocycles. The second-order valence-electron chi connectivity index (χ2n) is 6.02. The molecule has 0 aliphatic carbocycles. The molecule has 0 fully saturated rings. The smallest absolute Gasteiger partial charge is 0.251 e. The molecule has 0 spiro atoms. The maximum atomic E-state index is 14.7. The lowest BCUT2D eigenvalue weighted by atomic mass is 9.99. The topological polar surface area (TPSA) is 46.9 Å². The number of benzene rings is 2. The number of nitrogens with zero attached hydrogens (tertiary/aromatic N) is 2. The zero-order valence-corrected chi connectivity index (χ0v) is 14.3. The zero-order chi connectivity index (χ0) is 17.6. The van der Waals surface area contributed by atoms with E-state index in [1.165, 1.54) is 0 Å². The molecule has 0 unspecified atom stereocenters. The SMILES string of the molecule is Cc1ccc(Cl)c(-c2nccn2-c2ccc3c(c2)C(=O)NCC3)c1F. The maximum absolute atomic E-state index is 14.7. The van der Waals surface area contributed by atoms with Crippen LogP contribution in [0.3, 0.4) is 0 Å². The molecule has 3 aromatic rings. The van der Waals surface area contributed by atoms with E-state index in [2.05, 4.69) is 10.3 Å². The number of hydrogen-bond acceptors (Lipinski definition) is 2. The number of fused-ring (bicyclic) bond motifs is 1. The van der Waals surface area contributed by atoms with Crippen molar-refractivity contribution in [1.29, 1.82) is 0 Å². The van der Waals surface area contributed by atoms with E-state index in [0.29, 0.717) is 28.5 Å². The van der Waals surface area contributed by atoms with Crippen LogP contribution in [0.15, 0.2) is 42.7 Å². The highest BCUT2D eigenvalue weighted by Crippen LogP contribution is 2.33. The molecule has 1 N–H and O–H groups in total. The Kier molecular flexibility index (Phi) is 3.81. The number of aryl methyl sites for hydroxylation is 1. The van der Waals surface area contributed by atoms with Gasteiger partial charge in [-0.05, 0) is 42.7 Å². The molecular weight excluding hydrogens is 341 g/mol. The highest BCUT2D eigenvalue weighted by molar-refractivity contribution is 6.33.